The molecule has 3 aliphatic heterocycles. The van der Waals surface area contributed by atoms with Gasteiger partial charge in [-0.3, -0.25) is 9.59 Å². The highest BCUT2D eigenvalue weighted by molar-refractivity contribution is 5.99. The second-order valence-corrected chi connectivity index (χ2v) is 8.80. The van der Waals surface area contributed by atoms with Gasteiger partial charge in [-0.25, -0.2) is 0 Å². The highest BCUT2D eigenvalue weighted by atomic mass is 16.5. The summed E-state index contributed by atoms with van der Waals surface area (Å²) in [5.74, 6) is -0.156. The lowest BCUT2D eigenvalue weighted by Gasteiger charge is -2.24. The predicted octanol–water partition coefficient (Wildman–Crippen LogP) is 2.68. The largest absolute Gasteiger partial charge is 0.493 e. The van der Waals surface area contributed by atoms with Crippen LogP contribution in [-0.2, 0) is 20.7 Å². The van der Waals surface area contributed by atoms with Crippen LogP contribution in [0, 0.1) is 11.8 Å². The number of likely N-dealkylation sites (tertiary alicyclic amines) is 1. The molecule has 0 saturated carbocycles. The van der Waals surface area contributed by atoms with Crippen molar-refractivity contribution in [3.63, 3.8) is 0 Å². The van der Waals surface area contributed by atoms with Gasteiger partial charge in [-0.1, -0.05) is 42.5 Å². The van der Waals surface area contributed by atoms with Crippen molar-refractivity contribution in [3.8, 4) is 17.2 Å². The zero-order valence-corrected chi connectivity index (χ0v) is 19.4. The Kier molecular flexibility index (Phi) is 5.69. The Balaban J connectivity index is 1.34. The molecule has 5 rings (SSSR count). The van der Waals surface area contributed by atoms with Crippen molar-refractivity contribution in [2.45, 2.75) is 18.1 Å². The molecule has 34 heavy (non-hydrogen) atoms. The molecule has 0 aliphatic carbocycles. The highest BCUT2D eigenvalue weighted by Crippen LogP contribution is 2.52. The maximum absolute atomic E-state index is 13.4. The number of carbonyl (C=O) groups is 2. The number of hydrogen-bond acceptors (Lipinski definition) is 6. The molecule has 0 radical (unpaired) electrons. The molecule has 0 unspecified atom stereocenters. The molecule has 2 aromatic rings. The van der Waals surface area contributed by atoms with Crippen LogP contribution in [0.4, 0.5) is 5.69 Å². The number of anilines is 1. The lowest BCUT2D eigenvalue weighted by molar-refractivity contribution is -0.135. The summed E-state index contributed by atoms with van der Waals surface area (Å²) in [7, 11) is 4.55. The fraction of sp³-hybridized carbons (Fsp3) is 0.385. The molecule has 4 atom stereocenters. The molecular weight excluding hydrogens is 436 g/mol. The topological polar surface area (TPSA) is 86.3 Å². The second-order valence-electron chi connectivity index (χ2n) is 8.80. The van der Waals surface area contributed by atoms with Gasteiger partial charge in [0, 0.05) is 24.4 Å². The number of fused-ring (bicyclic) bond motifs is 1. The molecule has 8 nitrogen and oxygen atoms in total. The summed E-state index contributed by atoms with van der Waals surface area (Å²) in [4.78, 5) is 28.7. The van der Waals surface area contributed by atoms with Crippen molar-refractivity contribution in [2.24, 2.45) is 11.8 Å². The Morgan fingerprint density at radius 1 is 1.12 bits per heavy atom. The molecule has 178 valence electrons. The first-order valence-corrected chi connectivity index (χ1v) is 11.3. The molecule has 2 aromatic carbocycles. The van der Waals surface area contributed by atoms with E-state index in [1.807, 2.05) is 35.3 Å². The number of rotatable bonds is 8. The van der Waals surface area contributed by atoms with E-state index in [-0.39, 0.29) is 11.8 Å². The van der Waals surface area contributed by atoms with Crippen LogP contribution in [0.15, 0.2) is 54.6 Å². The van der Waals surface area contributed by atoms with Gasteiger partial charge < -0.3 is 29.2 Å². The lowest BCUT2D eigenvalue weighted by Crippen LogP contribution is -2.41. The molecule has 2 fully saturated rings. The maximum atomic E-state index is 13.4. The summed E-state index contributed by atoms with van der Waals surface area (Å²) >= 11 is 0. The van der Waals surface area contributed by atoms with Crippen LogP contribution in [-0.4, -0.2) is 62.8 Å². The number of ether oxygens (including phenoxy) is 4. The van der Waals surface area contributed by atoms with E-state index in [2.05, 4.69) is 17.4 Å². The standard InChI is InChI=1S/C26H28N2O6/c1-31-19-13-17(14-20(32-2)23(19)33-3)27-24(29)21-18-9-11-26(34-18)15-28(25(30)22(21)26)12-10-16-7-5-4-6-8-16/h4-9,11,13-14,18,21-22H,10,12,15H2,1-3H3,(H,27,29)/t18-,21+,22+,26-/m1/s1. The summed E-state index contributed by atoms with van der Waals surface area (Å²) < 4.78 is 22.4. The fourth-order valence-corrected chi connectivity index (χ4v) is 5.35. The Morgan fingerprint density at radius 3 is 2.47 bits per heavy atom. The van der Waals surface area contributed by atoms with Crippen LogP contribution in [0.2, 0.25) is 0 Å². The smallest absolute Gasteiger partial charge is 0.231 e. The van der Waals surface area contributed by atoms with Gasteiger partial charge >= 0.3 is 0 Å². The minimum Gasteiger partial charge on any atom is -0.493 e. The van der Waals surface area contributed by atoms with Crippen molar-refractivity contribution in [1.29, 1.82) is 0 Å². The van der Waals surface area contributed by atoms with Crippen LogP contribution in [0.1, 0.15) is 5.56 Å². The molecular formula is C26H28N2O6. The van der Waals surface area contributed by atoms with Crippen molar-refractivity contribution < 1.29 is 28.5 Å². The molecule has 2 amide bonds. The van der Waals surface area contributed by atoms with E-state index in [1.165, 1.54) is 26.9 Å². The van der Waals surface area contributed by atoms with Gasteiger partial charge in [-0.2, -0.15) is 0 Å². The summed E-state index contributed by atoms with van der Waals surface area (Å²) in [5.41, 5.74) is 0.921. The van der Waals surface area contributed by atoms with E-state index in [4.69, 9.17) is 18.9 Å². The average molecular weight is 465 g/mol. The number of nitrogens with one attached hydrogen (secondary N) is 1. The van der Waals surface area contributed by atoms with E-state index >= 15 is 0 Å². The normalized spacial score (nSPS) is 26.5. The minimum atomic E-state index is -0.740. The first kappa shape index (κ1) is 22.3. The first-order chi connectivity index (χ1) is 16.5. The third kappa shape index (κ3) is 3.58. The van der Waals surface area contributed by atoms with Crippen molar-refractivity contribution in [1.82, 2.24) is 4.90 Å². The number of carbonyl (C=O) groups excluding carboxylic acids is 2. The summed E-state index contributed by atoms with van der Waals surface area (Å²) in [5, 5.41) is 2.93. The molecule has 3 heterocycles. The summed E-state index contributed by atoms with van der Waals surface area (Å²) in [6.45, 7) is 1.05. The summed E-state index contributed by atoms with van der Waals surface area (Å²) in [6, 6.07) is 13.4. The van der Waals surface area contributed by atoms with Crippen LogP contribution < -0.4 is 19.5 Å². The van der Waals surface area contributed by atoms with Crippen molar-refractivity contribution in [3.05, 3.63) is 60.2 Å². The zero-order valence-electron chi connectivity index (χ0n) is 19.4. The maximum Gasteiger partial charge on any atom is 0.231 e. The monoisotopic (exact) mass is 464 g/mol. The first-order valence-electron chi connectivity index (χ1n) is 11.3. The Hall–Kier alpha value is -3.52. The quantitative estimate of drug-likeness (QED) is 0.605. The van der Waals surface area contributed by atoms with Gasteiger partial charge in [0.2, 0.25) is 17.6 Å². The Morgan fingerprint density at radius 2 is 1.82 bits per heavy atom. The summed E-state index contributed by atoms with van der Waals surface area (Å²) in [6.07, 6.45) is 4.20. The van der Waals surface area contributed by atoms with E-state index in [9.17, 15) is 9.59 Å². The van der Waals surface area contributed by atoms with Gasteiger partial charge in [0.15, 0.2) is 11.5 Å². The highest BCUT2D eigenvalue weighted by Gasteiger charge is 2.66. The number of nitrogens with zero attached hydrogens (tertiary/aromatic N) is 1. The van der Waals surface area contributed by atoms with E-state index in [1.54, 1.807) is 12.1 Å². The number of benzene rings is 2. The van der Waals surface area contributed by atoms with Gasteiger partial charge in [0.1, 0.15) is 5.60 Å². The Labute approximate surface area is 198 Å². The molecule has 2 saturated heterocycles. The Bertz CT molecular complexity index is 1110. The third-order valence-corrected chi connectivity index (χ3v) is 6.93. The number of hydrogen-bond donors (Lipinski definition) is 1. The van der Waals surface area contributed by atoms with Crippen molar-refractivity contribution >= 4 is 17.5 Å². The van der Waals surface area contributed by atoms with Gasteiger partial charge in [-0.15, -0.1) is 0 Å². The predicted molar refractivity (Wildman–Crippen MR) is 125 cm³/mol. The lowest BCUT2D eigenvalue weighted by atomic mass is 9.77. The SMILES string of the molecule is COc1cc(NC(=O)[C@@H]2[C@H]3C(=O)N(CCc4ccccc4)C[C@]34C=C[C@H]2O4)cc(OC)c1OC. The van der Waals surface area contributed by atoms with E-state index in [0.29, 0.717) is 36.0 Å². The third-order valence-electron chi connectivity index (χ3n) is 6.93. The van der Waals surface area contributed by atoms with Gasteiger partial charge in [-0.05, 0) is 12.0 Å². The van der Waals surface area contributed by atoms with Crippen LogP contribution in [0.3, 0.4) is 0 Å². The number of methoxy groups -OCH3 is 3. The second kappa shape index (κ2) is 8.68. The zero-order chi connectivity index (χ0) is 23.9. The van der Waals surface area contributed by atoms with E-state index in [0.717, 1.165) is 6.42 Å². The van der Waals surface area contributed by atoms with Crippen LogP contribution in [0.5, 0.6) is 17.2 Å². The molecule has 0 aromatic heterocycles. The molecule has 2 bridgehead atoms. The van der Waals surface area contributed by atoms with Crippen LogP contribution >= 0.6 is 0 Å². The average Bonchev–Trinajstić information content (AvgIpc) is 3.50. The molecule has 3 aliphatic rings. The van der Waals surface area contributed by atoms with Gasteiger partial charge in [0.25, 0.3) is 0 Å². The van der Waals surface area contributed by atoms with Crippen LogP contribution in [0.25, 0.3) is 0 Å². The van der Waals surface area contributed by atoms with Gasteiger partial charge in [0.05, 0.1) is 45.8 Å². The van der Waals surface area contributed by atoms with E-state index < -0.39 is 23.5 Å². The minimum absolute atomic E-state index is 0.0344. The number of amides is 2. The molecule has 8 heteroatoms. The van der Waals surface area contributed by atoms with Crippen molar-refractivity contribution in [2.75, 3.05) is 39.7 Å². The fourth-order valence-electron chi connectivity index (χ4n) is 5.35. The molecule has 1 spiro atoms. The molecule has 1 N–H and O–H groups in total.